The number of rotatable bonds is 7. The summed E-state index contributed by atoms with van der Waals surface area (Å²) in [6, 6.07) is 0.0513. The fraction of sp³-hybridized carbons (Fsp3) is 0.846. The van der Waals surface area contributed by atoms with Crippen molar-refractivity contribution in [2.24, 2.45) is 5.92 Å². The second-order valence-electron chi connectivity index (χ2n) is 5.29. The summed E-state index contributed by atoms with van der Waals surface area (Å²) in [4.78, 5) is 24.5. The minimum atomic E-state index is -0.756. The molecule has 0 aromatic rings. The molecule has 1 heterocycles. The first-order valence-corrected chi connectivity index (χ1v) is 6.70. The van der Waals surface area contributed by atoms with E-state index >= 15 is 0 Å². The standard InChI is InChI=1S/C13H24N2O3/c1-4-5-9(2)14-13(18)10(3)15-7-11(8-15)6-12(16)17/h9-11H,4-8H2,1-3H3,(H,14,18)(H,16,17). The third kappa shape index (κ3) is 4.29. The van der Waals surface area contributed by atoms with Gasteiger partial charge in [-0.15, -0.1) is 0 Å². The van der Waals surface area contributed by atoms with Crippen LogP contribution in [0.3, 0.4) is 0 Å². The predicted molar refractivity (Wildman–Crippen MR) is 69.3 cm³/mol. The van der Waals surface area contributed by atoms with Crippen molar-refractivity contribution in [2.45, 2.75) is 52.1 Å². The SMILES string of the molecule is CCCC(C)NC(=O)C(C)N1CC(CC(=O)O)C1. The van der Waals surface area contributed by atoms with Crippen molar-refractivity contribution in [3.05, 3.63) is 0 Å². The van der Waals surface area contributed by atoms with Crippen molar-refractivity contribution in [1.29, 1.82) is 0 Å². The molecule has 5 nitrogen and oxygen atoms in total. The second kappa shape index (κ2) is 6.73. The van der Waals surface area contributed by atoms with Crippen LogP contribution in [-0.2, 0) is 9.59 Å². The fourth-order valence-electron chi connectivity index (χ4n) is 2.34. The highest BCUT2D eigenvalue weighted by Crippen LogP contribution is 2.21. The quantitative estimate of drug-likeness (QED) is 0.715. The van der Waals surface area contributed by atoms with E-state index in [1.807, 2.05) is 18.7 Å². The molecule has 2 unspecified atom stereocenters. The summed E-state index contributed by atoms with van der Waals surface area (Å²) in [5.41, 5.74) is 0. The van der Waals surface area contributed by atoms with Gasteiger partial charge in [0.1, 0.15) is 0 Å². The molecule has 5 heteroatoms. The molecule has 1 amide bonds. The Morgan fingerprint density at radius 2 is 2.00 bits per heavy atom. The molecule has 18 heavy (non-hydrogen) atoms. The normalized spacial score (nSPS) is 19.9. The van der Waals surface area contributed by atoms with Gasteiger partial charge < -0.3 is 10.4 Å². The van der Waals surface area contributed by atoms with Gasteiger partial charge in [0.25, 0.3) is 0 Å². The van der Waals surface area contributed by atoms with E-state index in [-0.39, 0.29) is 30.3 Å². The van der Waals surface area contributed by atoms with Crippen LogP contribution in [0.5, 0.6) is 0 Å². The average molecular weight is 256 g/mol. The van der Waals surface area contributed by atoms with E-state index in [9.17, 15) is 9.59 Å². The molecule has 0 aromatic heterocycles. The van der Waals surface area contributed by atoms with Gasteiger partial charge in [-0.05, 0) is 26.2 Å². The van der Waals surface area contributed by atoms with Gasteiger partial charge in [0, 0.05) is 19.1 Å². The number of amides is 1. The molecule has 0 spiro atoms. The molecule has 1 saturated heterocycles. The highest BCUT2D eigenvalue weighted by atomic mass is 16.4. The Morgan fingerprint density at radius 3 is 2.50 bits per heavy atom. The first-order chi connectivity index (χ1) is 8.43. The van der Waals surface area contributed by atoms with Gasteiger partial charge in [-0.2, -0.15) is 0 Å². The number of nitrogens with zero attached hydrogens (tertiary/aromatic N) is 1. The van der Waals surface area contributed by atoms with Crippen LogP contribution < -0.4 is 5.32 Å². The van der Waals surface area contributed by atoms with E-state index in [0.717, 1.165) is 12.8 Å². The highest BCUT2D eigenvalue weighted by Gasteiger charge is 2.34. The van der Waals surface area contributed by atoms with Gasteiger partial charge in [-0.25, -0.2) is 0 Å². The number of carbonyl (C=O) groups excluding carboxylic acids is 1. The topological polar surface area (TPSA) is 69.6 Å². The third-order valence-corrected chi connectivity index (χ3v) is 3.49. The number of hydrogen-bond acceptors (Lipinski definition) is 3. The van der Waals surface area contributed by atoms with Gasteiger partial charge in [0.2, 0.25) is 5.91 Å². The molecular weight excluding hydrogens is 232 g/mol. The van der Waals surface area contributed by atoms with E-state index in [0.29, 0.717) is 13.1 Å². The molecule has 1 aliphatic rings. The number of carboxylic acid groups (broad SMARTS) is 1. The third-order valence-electron chi connectivity index (χ3n) is 3.49. The van der Waals surface area contributed by atoms with Crippen molar-refractivity contribution in [1.82, 2.24) is 10.2 Å². The van der Waals surface area contributed by atoms with Crippen molar-refractivity contribution in [2.75, 3.05) is 13.1 Å². The zero-order chi connectivity index (χ0) is 13.7. The Balaban J connectivity index is 2.27. The number of likely N-dealkylation sites (tertiary alicyclic amines) is 1. The van der Waals surface area contributed by atoms with Crippen molar-refractivity contribution in [3.63, 3.8) is 0 Å². The lowest BCUT2D eigenvalue weighted by atomic mass is 9.94. The van der Waals surface area contributed by atoms with Crippen LogP contribution in [0.15, 0.2) is 0 Å². The maximum absolute atomic E-state index is 11.9. The summed E-state index contributed by atoms with van der Waals surface area (Å²) >= 11 is 0. The van der Waals surface area contributed by atoms with Crippen molar-refractivity contribution >= 4 is 11.9 Å². The first kappa shape index (κ1) is 15.0. The van der Waals surface area contributed by atoms with Gasteiger partial charge in [0.15, 0.2) is 0 Å². The Hall–Kier alpha value is -1.10. The average Bonchev–Trinajstić information content (AvgIpc) is 2.21. The highest BCUT2D eigenvalue weighted by molar-refractivity contribution is 5.81. The van der Waals surface area contributed by atoms with Gasteiger partial charge in [0.05, 0.1) is 12.5 Å². The molecule has 1 aliphatic heterocycles. The largest absolute Gasteiger partial charge is 0.481 e. The summed E-state index contributed by atoms with van der Waals surface area (Å²) in [6.45, 7) is 7.41. The minimum Gasteiger partial charge on any atom is -0.481 e. The molecule has 0 saturated carbocycles. The van der Waals surface area contributed by atoms with Crippen LogP contribution in [0, 0.1) is 5.92 Å². The summed E-state index contributed by atoms with van der Waals surface area (Å²) in [7, 11) is 0. The lowest BCUT2D eigenvalue weighted by Crippen LogP contribution is -2.57. The maximum Gasteiger partial charge on any atom is 0.303 e. The van der Waals surface area contributed by atoms with E-state index < -0.39 is 5.97 Å². The van der Waals surface area contributed by atoms with Crippen LogP contribution in [-0.4, -0.2) is 47.1 Å². The van der Waals surface area contributed by atoms with E-state index in [1.165, 1.54) is 0 Å². The Labute approximate surface area is 109 Å². The second-order valence-corrected chi connectivity index (χ2v) is 5.29. The molecule has 1 fully saturated rings. The van der Waals surface area contributed by atoms with Gasteiger partial charge in [-0.3, -0.25) is 14.5 Å². The lowest BCUT2D eigenvalue weighted by Gasteiger charge is -2.42. The zero-order valence-corrected chi connectivity index (χ0v) is 11.5. The molecule has 0 bridgehead atoms. The minimum absolute atomic E-state index is 0.0460. The smallest absolute Gasteiger partial charge is 0.303 e. The summed E-state index contributed by atoms with van der Waals surface area (Å²) in [5, 5.41) is 11.7. The zero-order valence-electron chi connectivity index (χ0n) is 11.5. The Kier molecular flexibility index (Phi) is 5.59. The van der Waals surface area contributed by atoms with Crippen molar-refractivity contribution in [3.8, 4) is 0 Å². The molecule has 0 aromatic carbocycles. The van der Waals surface area contributed by atoms with Gasteiger partial charge in [-0.1, -0.05) is 13.3 Å². The predicted octanol–water partition coefficient (Wildman–Crippen LogP) is 1.09. The monoisotopic (exact) mass is 256 g/mol. The Bertz CT molecular complexity index is 301. The number of hydrogen-bond donors (Lipinski definition) is 2. The van der Waals surface area contributed by atoms with E-state index in [4.69, 9.17) is 5.11 Å². The molecule has 2 atom stereocenters. The molecular formula is C13H24N2O3. The van der Waals surface area contributed by atoms with Crippen LogP contribution in [0.1, 0.15) is 40.0 Å². The number of carbonyl (C=O) groups is 2. The summed E-state index contributed by atoms with van der Waals surface area (Å²) < 4.78 is 0. The number of carboxylic acids is 1. The van der Waals surface area contributed by atoms with E-state index in [2.05, 4.69) is 12.2 Å². The molecule has 104 valence electrons. The van der Waals surface area contributed by atoms with Crippen LogP contribution in [0.2, 0.25) is 0 Å². The lowest BCUT2D eigenvalue weighted by molar-refractivity contribution is -0.140. The number of aliphatic carboxylic acids is 1. The van der Waals surface area contributed by atoms with Crippen LogP contribution >= 0.6 is 0 Å². The van der Waals surface area contributed by atoms with E-state index in [1.54, 1.807) is 0 Å². The maximum atomic E-state index is 11.9. The van der Waals surface area contributed by atoms with Crippen LogP contribution in [0.4, 0.5) is 0 Å². The number of nitrogens with one attached hydrogen (secondary N) is 1. The molecule has 2 N–H and O–H groups in total. The Morgan fingerprint density at radius 1 is 1.39 bits per heavy atom. The van der Waals surface area contributed by atoms with Crippen molar-refractivity contribution < 1.29 is 14.7 Å². The molecule has 0 radical (unpaired) electrons. The first-order valence-electron chi connectivity index (χ1n) is 6.70. The summed E-state index contributed by atoms with van der Waals surface area (Å²) in [5.74, 6) is -0.510. The van der Waals surface area contributed by atoms with Crippen LogP contribution in [0.25, 0.3) is 0 Å². The molecule has 1 rings (SSSR count). The van der Waals surface area contributed by atoms with Gasteiger partial charge >= 0.3 is 5.97 Å². The summed E-state index contributed by atoms with van der Waals surface area (Å²) in [6.07, 6.45) is 2.25. The molecule has 0 aliphatic carbocycles. The fourth-order valence-corrected chi connectivity index (χ4v) is 2.34.